The van der Waals surface area contributed by atoms with E-state index in [2.05, 4.69) is 10.3 Å². The van der Waals surface area contributed by atoms with Gasteiger partial charge in [0.2, 0.25) is 5.91 Å². The first kappa shape index (κ1) is 15.2. The summed E-state index contributed by atoms with van der Waals surface area (Å²) >= 11 is 0. The smallest absolute Gasteiger partial charge is 0.225 e. The third-order valence-corrected chi connectivity index (χ3v) is 3.64. The number of anilines is 1. The fourth-order valence-electron chi connectivity index (χ4n) is 2.48. The molecule has 2 aromatic heterocycles. The van der Waals surface area contributed by atoms with Crippen molar-refractivity contribution in [2.24, 2.45) is 0 Å². The van der Waals surface area contributed by atoms with Gasteiger partial charge < -0.3 is 5.32 Å². The fraction of sp³-hybridized carbons (Fsp3) is 0.222. The molecule has 1 N–H and O–H groups in total. The summed E-state index contributed by atoms with van der Waals surface area (Å²) in [7, 11) is 0. The molecule has 4 nitrogen and oxygen atoms in total. The lowest BCUT2D eigenvalue weighted by Gasteiger charge is -2.07. The van der Waals surface area contributed by atoms with Crippen LogP contribution in [-0.2, 0) is 4.79 Å². The predicted octanol–water partition coefficient (Wildman–Crippen LogP) is 4.27. The average molecular weight is 311 g/mol. The van der Waals surface area contributed by atoms with Crippen molar-refractivity contribution in [3.63, 3.8) is 0 Å². The van der Waals surface area contributed by atoms with Crippen molar-refractivity contribution in [1.29, 1.82) is 0 Å². The molecule has 118 valence electrons. The third kappa shape index (κ3) is 3.23. The number of fused-ring (bicyclic) bond motifs is 1. The van der Waals surface area contributed by atoms with Crippen molar-refractivity contribution in [2.75, 3.05) is 5.32 Å². The summed E-state index contributed by atoms with van der Waals surface area (Å²) in [5.41, 5.74) is 1.91. The number of hydrogen-bond acceptors (Lipinski definition) is 2. The SMILES string of the molecule is CCCCC(=O)Nc1c(-c2cccc(F)c2)nc2ccccn12. The molecule has 0 radical (unpaired) electrons. The van der Waals surface area contributed by atoms with Crippen LogP contribution in [0, 0.1) is 5.82 Å². The van der Waals surface area contributed by atoms with Gasteiger partial charge >= 0.3 is 0 Å². The summed E-state index contributed by atoms with van der Waals surface area (Å²) in [5, 5.41) is 2.93. The minimum atomic E-state index is -0.331. The predicted molar refractivity (Wildman–Crippen MR) is 88.7 cm³/mol. The Hall–Kier alpha value is -2.69. The number of aromatic nitrogens is 2. The van der Waals surface area contributed by atoms with Crippen LogP contribution in [0.3, 0.4) is 0 Å². The Labute approximate surface area is 134 Å². The highest BCUT2D eigenvalue weighted by Crippen LogP contribution is 2.29. The number of halogens is 1. The van der Waals surface area contributed by atoms with Crippen molar-refractivity contribution >= 4 is 17.4 Å². The molecule has 1 amide bonds. The van der Waals surface area contributed by atoms with Crippen LogP contribution in [0.4, 0.5) is 10.2 Å². The number of pyridine rings is 1. The van der Waals surface area contributed by atoms with Crippen LogP contribution in [0.1, 0.15) is 26.2 Å². The zero-order chi connectivity index (χ0) is 16.2. The molecule has 23 heavy (non-hydrogen) atoms. The number of nitrogens with one attached hydrogen (secondary N) is 1. The highest BCUT2D eigenvalue weighted by molar-refractivity contribution is 5.94. The van der Waals surface area contributed by atoms with E-state index in [9.17, 15) is 9.18 Å². The molecule has 5 heteroatoms. The standard InChI is InChI=1S/C18H18FN3O/c1-2-3-10-16(23)21-18-17(13-7-6-8-14(19)12-13)20-15-9-4-5-11-22(15)18/h4-9,11-12H,2-3,10H2,1H3,(H,21,23). The maximum atomic E-state index is 13.5. The Kier molecular flexibility index (Phi) is 4.37. The lowest BCUT2D eigenvalue weighted by molar-refractivity contribution is -0.116. The Morgan fingerprint density at radius 2 is 2.13 bits per heavy atom. The van der Waals surface area contributed by atoms with Crippen molar-refractivity contribution < 1.29 is 9.18 Å². The van der Waals surface area contributed by atoms with Crippen LogP contribution < -0.4 is 5.32 Å². The first-order valence-electron chi connectivity index (χ1n) is 7.72. The van der Waals surface area contributed by atoms with Gasteiger partial charge in [-0.1, -0.05) is 31.5 Å². The van der Waals surface area contributed by atoms with Crippen molar-refractivity contribution in [1.82, 2.24) is 9.38 Å². The molecular formula is C18H18FN3O. The lowest BCUT2D eigenvalue weighted by atomic mass is 10.1. The topological polar surface area (TPSA) is 46.4 Å². The summed E-state index contributed by atoms with van der Waals surface area (Å²) in [6.45, 7) is 2.04. The summed E-state index contributed by atoms with van der Waals surface area (Å²) < 4.78 is 15.4. The first-order chi connectivity index (χ1) is 11.2. The minimum absolute atomic E-state index is 0.0600. The zero-order valence-corrected chi connectivity index (χ0v) is 12.9. The molecule has 0 bridgehead atoms. The van der Waals surface area contributed by atoms with Crippen LogP contribution in [0.5, 0.6) is 0 Å². The van der Waals surface area contributed by atoms with E-state index in [0.717, 1.165) is 12.8 Å². The summed E-state index contributed by atoms with van der Waals surface area (Å²) in [6.07, 6.45) is 4.08. The Morgan fingerprint density at radius 1 is 1.26 bits per heavy atom. The van der Waals surface area contributed by atoms with Gasteiger partial charge in [-0.2, -0.15) is 0 Å². The number of amides is 1. The van der Waals surface area contributed by atoms with E-state index in [4.69, 9.17) is 0 Å². The lowest BCUT2D eigenvalue weighted by Crippen LogP contribution is -2.13. The van der Waals surface area contributed by atoms with E-state index in [1.165, 1.54) is 12.1 Å². The minimum Gasteiger partial charge on any atom is -0.310 e. The second kappa shape index (κ2) is 6.60. The number of carbonyl (C=O) groups is 1. The largest absolute Gasteiger partial charge is 0.310 e. The van der Waals surface area contributed by atoms with Crippen LogP contribution in [0.2, 0.25) is 0 Å². The van der Waals surface area contributed by atoms with Gasteiger partial charge in [-0.3, -0.25) is 9.20 Å². The second-order valence-electron chi connectivity index (χ2n) is 5.40. The molecule has 0 aliphatic rings. The Morgan fingerprint density at radius 3 is 2.91 bits per heavy atom. The Bertz CT molecular complexity index is 841. The van der Waals surface area contributed by atoms with E-state index in [1.54, 1.807) is 12.1 Å². The van der Waals surface area contributed by atoms with Crippen LogP contribution in [0.25, 0.3) is 16.9 Å². The number of imidazole rings is 1. The van der Waals surface area contributed by atoms with E-state index in [-0.39, 0.29) is 11.7 Å². The fourth-order valence-corrected chi connectivity index (χ4v) is 2.48. The normalized spacial score (nSPS) is 10.9. The van der Waals surface area contributed by atoms with E-state index >= 15 is 0 Å². The molecular weight excluding hydrogens is 293 g/mol. The molecule has 2 heterocycles. The van der Waals surface area contributed by atoms with E-state index < -0.39 is 0 Å². The van der Waals surface area contributed by atoms with Gasteiger partial charge in [0, 0.05) is 18.2 Å². The van der Waals surface area contributed by atoms with Gasteiger partial charge in [0.05, 0.1) is 0 Å². The molecule has 0 aliphatic carbocycles. The van der Waals surface area contributed by atoms with E-state index in [0.29, 0.717) is 29.1 Å². The maximum absolute atomic E-state index is 13.5. The highest BCUT2D eigenvalue weighted by Gasteiger charge is 2.16. The van der Waals surface area contributed by atoms with Crippen LogP contribution >= 0.6 is 0 Å². The molecule has 0 saturated carbocycles. The summed E-state index contributed by atoms with van der Waals surface area (Å²) in [6, 6.07) is 11.8. The molecule has 0 aliphatic heterocycles. The molecule has 0 saturated heterocycles. The van der Waals surface area contributed by atoms with Crippen molar-refractivity contribution in [2.45, 2.75) is 26.2 Å². The van der Waals surface area contributed by atoms with Gasteiger partial charge in [-0.25, -0.2) is 9.37 Å². The number of unbranched alkanes of at least 4 members (excludes halogenated alkanes) is 1. The van der Waals surface area contributed by atoms with E-state index in [1.807, 2.05) is 35.7 Å². The number of carbonyl (C=O) groups excluding carboxylic acids is 1. The first-order valence-corrected chi connectivity index (χ1v) is 7.72. The van der Waals surface area contributed by atoms with Gasteiger partial charge in [-0.15, -0.1) is 0 Å². The molecule has 1 aromatic carbocycles. The Balaban J connectivity index is 2.06. The molecule has 0 fully saturated rings. The molecule has 0 unspecified atom stereocenters. The molecule has 3 aromatic rings. The molecule has 0 atom stereocenters. The monoisotopic (exact) mass is 311 g/mol. The third-order valence-electron chi connectivity index (χ3n) is 3.64. The van der Waals surface area contributed by atoms with Crippen molar-refractivity contribution in [3.8, 4) is 11.3 Å². The second-order valence-corrected chi connectivity index (χ2v) is 5.40. The molecule has 0 spiro atoms. The number of nitrogens with zero attached hydrogens (tertiary/aromatic N) is 2. The molecule has 3 rings (SSSR count). The maximum Gasteiger partial charge on any atom is 0.225 e. The average Bonchev–Trinajstić information content (AvgIpc) is 2.92. The van der Waals surface area contributed by atoms with Crippen LogP contribution in [-0.4, -0.2) is 15.3 Å². The summed E-state index contributed by atoms with van der Waals surface area (Å²) in [5.74, 6) is 0.185. The highest BCUT2D eigenvalue weighted by atomic mass is 19.1. The van der Waals surface area contributed by atoms with Crippen LogP contribution in [0.15, 0.2) is 48.7 Å². The summed E-state index contributed by atoms with van der Waals surface area (Å²) in [4.78, 5) is 16.7. The van der Waals surface area contributed by atoms with Gasteiger partial charge in [0.15, 0.2) is 0 Å². The number of rotatable bonds is 5. The number of hydrogen-bond donors (Lipinski definition) is 1. The number of benzene rings is 1. The van der Waals surface area contributed by atoms with Gasteiger partial charge in [0.25, 0.3) is 0 Å². The quantitative estimate of drug-likeness (QED) is 0.765. The van der Waals surface area contributed by atoms with Crippen molar-refractivity contribution in [3.05, 3.63) is 54.5 Å². The van der Waals surface area contributed by atoms with Gasteiger partial charge in [-0.05, 0) is 30.7 Å². The van der Waals surface area contributed by atoms with Gasteiger partial charge in [0.1, 0.15) is 23.0 Å². The zero-order valence-electron chi connectivity index (χ0n) is 12.9.